The molecule has 1 N–H and O–H groups in total. The third-order valence-electron chi connectivity index (χ3n) is 2.88. The summed E-state index contributed by atoms with van der Waals surface area (Å²) in [6.07, 6.45) is -4.76. The number of carbonyl (C=O) groups is 1. The fourth-order valence-corrected chi connectivity index (χ4v) is 1.77. The zero-order valence-electron chi connectivity index (χ0n) is 11.2. The van der Waals surface area contributed by atoms with E-state index in [1.807, 2.05) is 0 Å². The molecule has 2 aromatic rings. The van der Waals surface area contributed by atoms with E-state index in [2.05, 4.69) is 0 Å². The van der Waals surface area contributed by atoms with Gasteiger partial charge in [0.1, 0.15) is 5.56 Å². The first-order valence-electron chi connectivity index (χ1n) is 6.04. The van der Waals surface area contributed by atoms with E-state index >= 15 is 0 Å². The maximum atomic E-state index is 13.5. The van der Waals surface area contributed by atoms with Crippen LogP contribution in [0.3, 0.4) is 0 Å². The van der Waals surface area contributed by atoms with E-state index in [1.54, 1.807) is 5.32 Å². The zero-order chi connectivity index (χ0) is 18.2. The summed E-state index contributed by atoms with van der Waals surface area (Å²) in [7, 11) is 0. The summed E-state index contributed by atoms with van der Waals surface area (Å²) < 4.78 is 103. The minimum absolute atomic E-state index is 0.434. The minimum Gasteiger partial charge on any atom is -0.322 e. The maximum absolute atomic E-state index is 13.5. The van der Waals surface area contributed by atoms with Crippen LogP contribution in [0.5, 0.6) is 0 Å². The predicted octanol–water partition coefficient (Wildman–Crippen LogP) is 4.65. The summed E-state index contributed by atoms with van der Waals surface area (Å²) in [6.45, 7) is 0. The predicted molar refractivity (Wildman–Crippen MR) is 65.6 cm³/mol. The molecule has 0 unspecified atom stereocenters. The fourth-order valence-electron chi connectivity index (χ4n) is 1.77. The number of nitrogens with one attached hydrogen (secondary N) is 1. The van der Waals surface area contributed by atoms with Crippen LogP contribution >= 0.6 is 0 Å². The van der Waals surface area contributed by atoms with Crippen LogP contribution in [-0.2, 0) is 6.18 Å². The number of amides is 1. The van der Waals surface area contributed by atoms with Gasteiger partial charge in [0.15, 0.2) is 23.3 Å². The standard InChI is InChI=1S/C14H5F8NO/c15-8-7(9(16)11(18)12(19)10(8)17)13(24)23-6-3-1-2-5(4-6)14(20,21)22/h1-4H,(H,23,24). The van der Waals surface area contributed by atoms with Crippen molar-refractivity contribution in [1.82, 2.24) is 0 Å². The van der Waals surface area contributed by atoms with Gasteiger partial charge >= 0.3 is 6.18 Å². The molecule has 0 bridgehead atoms. The molecule has 0 fully saturated rings. The highest BCUT2D eigenvalue weighted by atomic mass is 19.4. The van der Waals surface area contributed by atoms with Crippen LogP contribution in [0.25, 0.3) is 0 Å². The van der Waals surface area contributed by atoms with Gasteiger partial charge in [-0.3, -0.25) is 4.79 Å². The molecule has 2 nitrogen and oxygen atoms in total. The van der Waals surface area contributed by atoms with Crippen molar-refractivity contribution in [3.8, 4) is 0 Å². The first-order chi connectivity index (χ1) is 11.0. The minimum atomic E-state index is -4.76. The molecule has 0 aliphatic heterocycles. The smallest absolute Gasteiger partial charge is 0.322 e. The highest BCUT2D eigenvalue weighted by Gasteiger charge is 2.32. The van der Waals surface area contributed by atoms with E-state index in [1.165, 1.54) is 0 Å². The van der Waals surface area contributed by atoms with Gasteiger partial charge in [-0.1, -0.05) is 6.07 Å². The van der Waals surface area contributed by atoms with E-state index in [0.717, 1.165) is 12.1 Å². The molecule has 0 saturated heterocycles. The molecule has 2 rings (SSSR count). The summed E-state index contributed by atoms with van der Waals surface area (Å²) in [5.74, 6) is -13.7. The van der Waals surface area contributed by atoms with Crippen molar-refractivity contribution in [1.29, 1.82) is 0 Å². The molecule has 0 radical (unpaired) electrons. The Morgan fingerprint density at radius 1 is 0.833 bits per heavy atom. The Morgan fingerprint density at radius 2 is 1.33 bits per heavy atom. The number of alkyl halides is 3. The second kappa shape index (κ2) is 6.10. The van der Waals surface area contributed by atoms with Crippen molar-refractivity contribution in [3.05, 3.63) is 64.5 Å². The molecule has 0 saturated carbocycles. The van der Waals surface area contributed by atoms with E-state index in [0.29, 0.717) is 12.1 Å². The molecule has 0 heterocycles. The lowest BCUT2D eigenvalue weighted by Crippen LogP contribution is -2.19. The molecular weight excluding hydrogens is 350 g/mol. The van der Waals surface area contributed by atoms with Crippen LogP contribution in [0.1, 0.15) is 15.9 Å². The van der Waals surface area contributed by atoms with E-state index in [-0.39, 0.29) is 0 Å². The Kier molecular flexibility index (Phi) is 4.50. The van der Waals surface area contributed by atoms with Gasteiger partial charge in [0.2, 0.25) is 5.82 Å². The molecule has 2 aromatic carbocycles. The van der Waals surface area contributed by atoms with Gasteiger partial charge in [-0.05, 0) is 18.2 Å². The summed E-state index contributed by atoms with van der Waals surface area (Å²) >= 11 is 0. The average molecular weight is 355 g/mol. The van der Waals surface area contributed by atoms with Crippen LogP contribution in [0, 0.1) is 29.1 Å². The monoisotopic (exact) mass is 355 g/mol. The van der Waals surface area contributed by atoms with Gasteiger partial charge in [-0.15, -0.1) is 0 Å². The lowest BCUT2D eigenvalue weighted by molar-refractivity contribution is -0.137. The average Bonchev–Trinajstić information content (AvgIpc) is 2.50. The summed E-state index contributed by atoms with van der Waals surface area (Å²) in [4.78, 5) is 11.7. The molecule has 1 amide bonds. The Hall–Kier alpha value is -2.65. The molecule has 0 aliphatic rings. The summed E-state index contributed by atoms with van der Waals surface area (Å²) in [5.41, 5.74) is -3.53. The van der Waals surface area contributed by atoms with E-state index < -0.39 is 58.0 Å². The third-order valence-corrected chi connectivity index (χ3v) is 2.88. The van der Waals surface area contributed by atoms with Crippen LogP contribution in [0.15, 0.2) is 24.3 Å². The van der Waals surface area contributed by atoms with Crippen molar-refractivity contribution in [2.75, 3.05) is 5.32 Å². The van der Waals surface area contributed by atoms with Crippen molar-refractivity contribution in [2.45, 2.75) is 6.18 Å². The molecule has 0 aliphatic carbocycles. The SMILES string of the molecule is O=C(Nc1cccc(C(F)(F)F)c1)c1c(F)c(F)c(F)c(F)c1F. The first-order valence-corrected chi connectivity index (χ1v) is 6.04. The number of halogens is 8. The van der Waals surface area contributed by atoms with Gasteiger partial charge < -0.3 is 5.32 Å². The molecule has 0 spiro atoms. The summed E-state index contributed by atoms with van der Waals surface area (Å²) in [6, 6.07) is 2.92. The highest BCUT2D eigenvalue weighted by molar-refractivity contribution is 6.04. The molecule has 128 valence electrons. The van der Waals surface area contributed by atoms with Crippen molar-refractivity contribution in [3.63, 3.8) is 0 Å². The Balaban J connectivity index is 2.42. The molecule has 24 heavy (non-hydrogen) atoms. The topological polar surface area (TPSA) is 29.1 Å². The number of rotatable bonds is 2. The lowest BCUT2D eigenvalue weighted by atomic mass is 10.1. The van der Waals surface area contributed by atoms with Gasteiger partial charge in [-0.25, -0.2) is 22.0 Å². The maximum Gasteiger partial charge on any atom is 0.416 e. The largest absolute Gasteiger partial charge is 0.416 e. The van der Waals surface area contributed by atoms with Crippen LogP contribution < -0.4 is 5.32 Å². The lowest BCUT2D eigenvalue weighted by Gasteiger charge is -2.11. The number of hydrogen-bond acceptors (Lipinski definition) is 1. The summed E-state index contributed by atoms with van der Waals surface area (Å²) in [5, 5.41) is 1.65. The van der Waals surface area contributed by atoms with Crippen LogP contribution in [0.2, 0.25) is 0 Å². The molecular formula is C14H5F8NO. The Bertz CT molecular complexity index is 786. The first kappa shape index (κ1) is 17.7. The van der Waals surface area contributed by atoms with Crippen molar-refractivity contribution in [2.24, 2.45) is 0 Å². The second-order valence-electron chi connectivity index (χ2n) is 4.48. The van der Waals surface area contributed by atoms with Gasteiger partial charge in [0.05, 0.1) is 5.56 Å². The normalized spacial score (nSPS) is 11.5. The van der Waals surface area contributed by atoms with Gasteiger partial charge in [0.25, 0.3) is 5.91 Å². The fraction of sp³-hybridized carbons (Fsp3) is 0.0714. The third kappa shape index (κ3) is 3.17. The number of anilines is 1. The Labute approximate surface area is 128 Å². The molecule has 0 aromatic heterocycles. The van der Waals surface area contributed by atoms with Gasteiger partial charge in [0, 0.05) is 5.69 Å². The van der Waals surface area contributed by atoms with Crippen molar-refractivity contribution >= 4 is 11.6 Å². The zero-order valence-corrected chi connectivity index (χ0v) is 11.2. The van der Waals surface area contributed by atoms with Crippen molar-refractivity contribution < 1.29 is 39.9 Å². The van der Waals surface area contributed by atoms with Crippen LogP contribution in [-0.4, -0.2) is 5.91 Å². The number of carbonyl (C=O) groups excluding carboxylic acids is 1. The Morgan fingerprint density at radius 3 is 1.83 bits per heavy atom. The van der Waals surface area contributed by atoms with E-state index in [4.69, 9.17) is 0 Å². The highest BCUT2D eigenvalue weighted by Crippen LogP contribution is 2.31. The van der Waals surface area contributed by atoms with Crippen LogP contribution in [0.4, 0.5) is 40.8 Å². The van der Waals surface area contributed by atoms with E-state index in [9.17, 15) is 39.9 Å². The number of hydrogen-bond donors (Lipinski definition) is 1. The molecule has 10 heteroatoms. The number of benzene rings is 2. The second-order valence-corrected chi connectivity index (χ2v) is 4.48. The van der Waals surface area contributed by atoms with Gasteiger partial charge in [-0.2, -0.15) is 13.2 Å². The quantitative estimate of drug-likeness (QED) is 0.474. The molecule has 0 atom stereocenters.